The van der Waals surface area contributed by atoms with E-state index < -0.39 is 17.5 Å². The minimum absolute atomic E-state index is 0.422. The Kier molecular flexibility index (Phi) is 4.06. The van der Waals surface area contributed by atoms with Crippen LogP contribution in [-0.4, -0.2) is 21.4 Å². The van der Waals surface area contributed by atoms with Gasteiger partial charge in [-0.1, -0.05) is 15.9 Å². The molecule has 0 saturated heterocycles. The van der Waals surface area contributed by atoms with Crippen LogP contribution in [0.4, 0.5) is 0 Å². The van der Waals surface area contributed by atoms with E-state index in [9.17, 15) is 10.1 Å². The van der Waals surface area contributed by atoms with Gasteiger partial charge in [0.2, 0.25) is 0 Å². The van der Waals surface area contributed by atoms with Gasteiger partial charge < -0.3 is 4.74 Å². The van der Waals surface area contributed by atoms with Crippen LogP contribution in [0.2, 0.25) is 0 Å². The molecule has 0 aliphatic heterocycles. The van der Waals surface area contributed by atoms with Crippen LogP contribution >= 0.6 is 15.9 Å². The fourth-order valence-corrected chi connectivity index (χ4v) is 2.43. The average Bonchev–Trinajstić information content (AvgIpc) is 2.65. The predicted molar refractivity (Wildman–Crippen MR) is 82.6 cm³/mol. The number of benzene rings is 1. The van der Waals surface area contributed by atoms with E-state index in [4.69, 9.17) is 4.74 Å². The molecule has 1 aromatic heterocycles. The number of rotatable bonds is 2. The zero-order valence-corrected chi connectivity index (χ0v) is 13.9. The Bertz CT molecular complexity index is 738. The van der Waals surface area contributed by atoms with E-state index >= 15 is 0 Å². The Morgan fingerprint density at radius 1 is 1.48 bits per heavy atom. The monoisotopic (exact) mass is 349 g/mol. The quantitative estimate of drug-likeness (QED) is 0.780. The zero-order chi connectivity index (χ0) is 15.8. The van der Waals surface area contributed by atoms with Crippen molar-refractivity contribution in [1.82, 2.24) is 9.78 Å². The summed E-state index contributed by atoms with van der Waals surface area (Å²) in [4.78, 5) is 12.2. The highest BCUT2D eigenvalue weighted by Gasteiger charge is 2.30. The summed E-state index contributed by atoms with van der Waals surface area (Å²) in [5.74, 6) is -1.62. The number of carbonyl (C=O) groups is 1. The van der Waals surface area contributed by atoms with Gasteiger partial charge in [0.25, 0.3) is 0 Å². The Morgan fingerprint density at radius 3 is 2.71 bits per heavy atom. The minimum atomic E-state index is -1.04. The summed E-state index contributed by atoms with van der Waals surface area (Å²) in [6.45, 7) is 5.31. The van der Waals surface area contributed by atoms with Crippen LogP contribution in [0.3, 0.4) is 0 Å². The van der Waals surface area contributed by atoms with Gasteiger partial charge in [0.15, 0.2) is 5.92 Å². The lowest BCUT2D eigenvalue weighted by molar-refractivity contribution is -0.155. The molecule has 0 spiro atoms. The molecule has 21 heavy (non-hydrogen) atoms. The highest BCUT2D eigenvalue weighted by molar-refractivity contribution is 9.10. The Morgan fingerprint density at radius 2 is 2.14 bits per heavy atom. The average molecular weight is 350 g/mol. The number of fused-ring (bicyclic) bond motifs is 1. The van der Waals surface area contributed by atoms with Gasteiger partial charge in [-0.15, -0.1) is 0 Å². The Labute approximate surface area is 131 Å². The third-order valence-corrected chi connectivity index (χ3v) is 3.38. The summed E-state index contributed by atoms with van der Waals surface area (Å²) < 4.78 is 7.84. The first-order chi connectivity index (χ1) is 9.73. The van der Waals surface area contributed by atoms with Crippen molar-refractivity contribution in [1.29, 1.82) is 5.26 Å². The third kappa shape index (κ3) is 3.24. The van der Waals surface area contributed by atoms with Gasteiger partial charge in [-0.3, -0.25) is 9.48 Å². The maximum absolute atomic E-state index is 12.2. The van der Waals surface area contributed by atoms with E-state index in [1.165, 1.54) is 0 Å². The SMILES string of the molecule is Cn1nc(C(C#N)C(=O)OC(C)(C)C)c2cc(Br)ccc21. The van der Waals surface area contributed by atoms with Crippen LogP contribution in [0.25, 0.3) is 10.9 Å². The second-order valence-corrected chi connectivity index (χ2v) is 6.68. The molecule has 0 amide bonds. The highest BCUT2D eigenvalue weighted by Crippen LogP contribution is 2.29. The van der Waals surface area contributed by atoms with E-state index in [0.717, 1.165) is 15.4 Å². The van der Waals surface area contributed by atoms with E-state index in [1.54, 1.807) is 32.5 Å². The molecule has 1 atom stereocenters. The minimum Gasteiger partial charge on any atom is -0.459 e. The first kappa shape index (κ1) is 15.5. The van der Waals surface area contributed by atoms with Crippen molar-refractivity contribution in [2.24, 2.45) is 7.05 Å². The number of nitrogens with zero attached hydrogens (tertiary/aromatic N) is 3. The van der Waals surface area contributed by atoms with Crippen molar-refractivity contribution in [3.8, 4) is 6.07 Å². The summed E-state index contributed by atoms with van der Waals surface area (Å²) in [7, 11) is 1.78. The van der Waals surface area contributed by atoms with Crippen molar-refractivity contribution < 1.29 is 9.53 Å². The maximum Gasteiger partial charge on any atom is 0.330 e. The van der Waals surface area contributed by atoms with Crippen LogP contribution in [0.5, 0.6) is 0 Å². The summed E-state index contributed by atoms with van der Waals surface area (Å²) >= 11 is 3.40. The molecule has 0 saturated carbocycles. The molecule has 0 aliphatic rings. The molecule has 1 unspecified atom stereocenters. The first-order valence-electron chi connectivity index (χ1n) is 6.47. The van der Waals surface area contributed by atoms with Crippen molar-refractivity contribution in [2.45, 2.75) is 32.3 Å². The number of carbonyl (C=O) groups excluding carboxylic acids is 1. The number of halogens is 1. The molecule has 0 aliphatic carbocycles. The highest BCUT2D eigenvalue weighted by atomic mass is 79.9. The van der Waals surface area contributed by atoms with Crippen LogP contribution in [0.15, 0.2) is 22.7 Å². The number of hydrogen-bond donors (Lipinski definition) is 0. The molecule has 0 radical (unpaired) electrons. The molecular weight excluding hydrogens is 334 g/mol. The van der Waals surface area contributed by atoms with Gasteiger partial charge in [0, 0.05) is 16.9 Å². The Hall–Kier alpha value is -1.87. The molecule has 0 fully saturated rings. The molecule has 6 heteroatoms. The fourth-order valence-electron chi connectivity index (χ4n) is 2.06. The molecule has 5 nitrogen and oxygen atoms in total. The molecule has 1 heterocycles. The topological polar surface area (TPSA) is 67.9 Å². The summed E-state index contributed by atoms with van der Waals surface area (Å²) in [6, 6.07) is 7.63. The number of esters is 1. The van der Waals surface area contributed by atoms with E-state index in [1.807, 2.05) is 24.3 Å². The van der Waals surface area contributed by atoms with Gasteiger partial charge in [0.1, 0.15) is 5.60 Å². The number of hydrogen-bond acceptors (Lipinski definition) is 4. The summed E-state index contributed by atoms with van der Waals surface area (Å²) in [5, 5.41) is 14.5. The lowest BCUT2D eigenvalue weighted by atomic mass is 10.0. The normalized spacial score (nSPS) is 13.0. The molecule has 2 aromatic rings. The number of aromatic nitrogens is 2. The molecular formula is C15H16BrN3O2. The van der Waals surface area contributed by atoms with Crippen molar-refractivity contribution in [2.75, 3.05) is 0 Å². The second-order valence-electron chi connectivity index (χ2n) is 5.77. The first-order valence-corrected chi connectivity index (χ1v) is 7.27. The number of ether oxygens (including phenoxy) is 1. The summed E-state index contributed by atoms with van der Waals surface area (Å²) in [5.41, 5.74) is 0.639. The van der Waals surface area contributed by atoms with Crippen molar-refractivity contribution >= 4 is 32.8 Å². The van der Waals surface area contributed by atoms with Gasteiger partial charge in [-0.05, 0) is 39.0 Å². The second kappa shape index (κ2) is 5.49. The lowest BCUT2D eigenvalue weighted by Crippen LogP contribution is -2.27. The molecule has 0 bridgehead atoms. The fraction of sp³-hybridized carbons (Fsp3) is 0.400. The molecule has 2 rings (SSSR count). The van der Waals surface area contributed by atoms with Crippen LogP contribution in [0, 0.1) is 11.3 Å². The standard InChI is InChI=1S/C15H16BrN3O2/c1-15(2,3)21-14(20)11(8-17)13-10-7-9(16)5-6-12(10)19(4)18-13/h5-7,11H,1-4H3. The zero-order valence-electron chi connectivity index (χ0n) is 12.3. The van der Waals surface area contributed by atoms with Gasteiger partial charge in [-0.25, -0.2) is 0 Å². The maximum atomic E-state index is 12.2. The van der Waals surface area contributed by atoms with Gasteiger partial charge >= 0.3 is 5.97 Å². The van der Waals surface area contributed by atoms with Crippen LogP contribution < -0.4 is 0 Å². The predicted octanol–water partition coefficient (Wildman–Crippen LogP) is 3.28. The van der Waals surface area contributed by atoms with Crippen molar-refractivity contribution in [3.05, 3.63) is 28.4 Å². The number of aryl methyl sites for hydroxylation is 1. The largest absolute Gasteiger partial charge is 0.459 e. The molecule has 110 valence electrons. The molecule has 1 aromatic carbocycles. The van der Waals surface area contributed by atoms with Gasteiger partial charge in [-0.2, -0.15) is 10.4 Å². The van der Waals surface area contributed by atoms with E-state index in [2.05, 4.69) is 21.0 Å². The van der Waals surface area contributed by atoms with Crippen molar-refractivity contribution in [3.63, 3.8) is 0 Å². The number of nitriles is 1. The van der Waals surface area contributed by atoms with E-state index in [0.29, 0.717) is 5.69 Å². The van der Waals surface area contributed by atoms with Gasteiger partial charge in [0.05, 0.1) is 17.3 Å². The van der Waals surface area contributed by atoms with Crippen LogP contribution in [-0.2, 0) is 16.6 Å². The van der Waals surface area contributed by atoms with E-state index in [-0.39, 0.29) is 0 Å². The smallest absolute Gasteiger partial charge is 0.330 e. The molecule has 0 N–H and O–H groups in total. The summed E-state index contributed by atoms with van der Waals surface area (Å²) in [6.07, 6.45) is 0. The lowest BCUT2D eigenvalue weighted by Gasteiger charge is -2.20. The van der Waals surface area contributed by atoms with Crippen LogP contribution in [0.1, 0.15) is 32.4 Å². The Balaban J connectivity index is 2.51. The third-order valence-electron chi connectivity index (χ3n) is 2.89.